The molecule has 2 rings (SSSR count). The molecule has 0 saturated carbocycles. The summed E-state index contributed by atoms with van der Waals surface area (Å²) in [4.78, 5) is 16.3. The minimum atomic E-state index is -1.05. The zero-order chi connectivity index (χ0) is 12.3. The van der Waals surface area contributed by atoms with E-state index >= 15 is 0 Å². The van der Waals surface area contributed by atoms with E-state index in [1.54, 1.807) is 18.5 Å². The molecule has 0 aromatic carbocycles. The molecular formula is C10H9BrN4O2. The molecule has 17 heavy (non-hydrogen) atoms. The first-order chi connectivity index (χ1) is 8.18. The lowest BCUT2D eigenvalue weighted by Gasteiger charge is -2.17. The molecule has 0 aliphatic rings. The number of rotatable bonds is 3. The summed E-state index contributed by atoms with van der Waals surface area (Å²) >= 11 is 3.21. The lowest BCUT2D eigenvalue weighted by Crippen LogP contribution is -2.28. The second-order valence-electron chi connectivity index (χ2n) is 3.30. The van der Waals surface area contributed by atoms with Crippen LogP contribution in [0.3, 0.4) is 0 Å². The Kier molecular flexibility index (Phi) is 3.38. The Bertz CT molecular complexity index is 514. The molecule has 0 unspecified atom stereocenters. The fourth-order valence-electron chi connectivity index (χ4n) is 1.38. The van der Waals surface area contributed by atoms with Gasteiger partial charge in [-0.25, -0.2) is 4.79 Å². The van der Waals surface area contributed by atoms with Gasteiger partial charge in [0.15, 0.2) is 0 Å². The molecule has 88 valence electrons. The molecular weight excluding hydrogens is 288 g/mol. The van der Waals surface area contributed by atoms with Crippen molar-refractivity contribution in [3.63, 3.8) is 0 Å². The first kappa shape index (κ1) is 11.6. The maximum absolute atomic E-state index is 11.2. The van der Waals surface area contributed by atoms with Crippen molar-refractivity contribution in [2.75, 3.05) is 4.90 Å². The number of H-pyrrole nitrogens is 1. The van der Waals surface area contributed by atoms with E-state index in [-0.39, 0.29) is 6.54 Å². The van der Waals surface area contributed by atoms with Crippen LogP contribution in [0.5, 0.6) is 0 Å². The topological polar surface area (TPSA) is 82.1 Å². The molecule has 0 bridgehead atoms. The standard InChI is InChI=1S/C10H9BrN4O2/c11-9-8(5-13-14-9)15(10(16)17)6-7-2-1-3-12-4-7/h1-5H,6H2,(H,13,14)(H,16,17). The Balaban J connectivity index is 2.26. The highest BCUT2D eigenvalue weighted by Gasteiger charge is 2.18. The molecule has 2 aromatic heterocycles. The zero-order valence-corrected chi connectivity index (χ0v) is 10.3. The van der Waals surface area contributed by atoms with Crippen molar-refractivity contribution in [1.29, 1.82) is 0 Å². The smallest absolute Gasteiger partial charge is 0.412 e. The van der Waals surface area contributed by atoms with Crippen LogP contribution < -0.4 is 4.90 Å². The molecule has 2 N–H and O–H groups in total. The van der Waals surface area contributed by atoms with Crippen molar-refractivity contribution in [2.24, 2.45) is 0 Å². The van der Waals surface area contributed by atoms with Crippen LogP contribution in [0.2, 0.25) is 0 Å². The van der Waals surface area contributed by atoms with E-state index in [0.29, 0.717) is 10.3 Å². The van der Waals surface area contributed by atoms with Crippen molar-refractivity contribution in [1.82, 2.24) is 15.2 Å². The number of hydrogen-bond acceptors (Lipinski definition) is 3. The third-order valence-corrected chi connectivity index (χ3v) is 2.74. The van der Waals surface area contributed by atoms with Gasteiger partial charge >= 0.3 is 6.09 Å². The number of aromatic amines is 1. The molecule has 0 aliphatic carbocycles. The summed E-state index contributed by atoms with van der Waals surface area (Å²) in [5.41, 5.74) is 1.28. The van der Waals surface area contributed by atoms with Crippen LogP contribution in [0.1, 0.15) is 5.56 Å². The largest absolute Gasteiger partial charge is 0.465 e. The Labute approximate surface area is 105 Å². The molecule has 1 amide bonds. The number of amides is 1. The molecule has 7 heteroatoms. The Morgan fingerprint density at radius 2 is 2.35 bits per heavy atom. The van der Waals surface area contributed by atoms with Crippen molar-refractivity contribution in [3.05, 3.63) is 40.9 Å². The monoisotopic (exact) mass is 296 g/mol. The molecule has 0 aliphatic heterocycles. The molecule has 6 nitrogen and oxygen atoms in total. The van der Waals surface area contributed by atoms with Gasteiger partial charge in [-0.15, -0.1) is 0 Å². The zero-order valence-electron chi connectivity index (χ0n) is 8.67. The predicted molar refractivity (Wildman–Crippen MR) is 64.7 cm³/mol. The lowest BCUT2D eigenvalue weighted by molar-refractivity contribution is 0.201. The number of aromatic nitrogens is 3. The second-order valence-corrected chi connectivity index (χ2v) is 4.09. The first-order valence-corrected chi connectivity index (χ1v) is 5.56. The van der Waals surface area contributed by atoms with E-state index in [2.05, 4.69) is 31.1 Å². The third-order valence-electron chi connectivity index (χ3n) is 2.16. The molecule has 0 atom stereocenters. The summed E-state index contributed by atoms with van der Waals surface area (Å²) in [7, 11) is 0. The van der Waals surface area contributed by atoms with Crippen LogP contribution in [-0.4, -0.2) is 26.4 Å². The number of nitrogens with one attached hydrogen (secondary N) is 1. The number of anilines is 1. The molecule has 2 aromatic rings. The van der Waals surface area contributed by atoms with E-state index in [1.165, 1.54) is 11.1 Å². The first-order valence-electron chi connectivity index (χ1n) is 4.76. The number of carbonyl (C=O) groups is 1. The van der Waals surface area contributed by atoms with Gasteiger partial charge in [0.05, 0.1) is 18.4 Å². The van der Waals surface area contributed by atoms with E-state index in [0.717, 1.165) is 5.56 Å². The minimum Gasteiger partial charge on any atom is -0.465 e. The van der Waals surface area contributed by atoms with Gasteiger partial charge in [-0.2, -0.15) is 5.10 Å². The fourth-order valence-corrected chi connectivity index (χ4v) is 1.80. The summed E-state index contributed by atoms with van der Waals surface area (Å²) in [5, 5.41) is 15.6. The van der Waals surface area contributed by atoms with Gasteiger partial charge in [-0.1, -0.05) is 6.07 Å². The second kappa shape index (κ2) is 4.96. The summed E-state index contributed by atoms with van der Waals surface area (Å²) < 4.78 is 0.531. The Hall–Kier alpha value is -1.89. The van der Waals surface area contributed by atoms with Gasteiger partial charge in [-0.05, 0) is 27.6 Å². The van der Waals surface area contributed by atoms with Gasteiger partial charge in [-0.3, -0.25) is 15.0 Å². The van der Waals surface area contributed by atoms with Crippen LogP contribution in [0.15, 0.2) is 35.3 Å². The van der Waals surface area contributed by atoms with E-state index in [9.17, 15) is 9.90 Å². The predicted octanol–water partition coefficient (Wildman–Crippen LogP) is 2.25. The normalized spacial score (nSPS) is 10.2. The molecule has 0 radical (unpaired) electrons. The quantitative estimate of drug-likeness (QED) is 0.910. The summed E-state index contributed by atoms with van der Waals surface area (Å²) in [6, 6.07) is 3.58. The highest BCUT2D eigenvalue weighted by molar-refractivity contribution is 9.10. The summed E-state index contributed by atoms with van der Waals surface area (Å²) in [6.45, 7) is 0.224. The van der Waals surface area contributed by atoms with E-state index in [4.69, 9.17) is 0 Å². The summed E-state index contributed by atoms with van der Waals surface area (Å²) in [5.74, 6) is 0. The van der Waals surface area contributed by atoms with Crippen molar-refractivity contribution in [2.45, 2.75) is 6.54 Å². The lowest BCUT2D eigenvalue weighted by atomic mass is 10.2. The number of carboxylic acid groups (broad SMARTS) is 1. The van der Waals surface area contributed by atoms with Crippen LogP contribution in [0.25, 0.3) is 0 Å². The van der Waals surface area contributed by atoms with Crippen LogP contribution in [-0.2, 0) is 6.54 Å². The van der Waals surface area contributed by atoms with Gasteiger partial charge in [0.1, 0.15) is 4.60 Å². The number of pyridine rings is 1. The average molecular weight is 297 g/mol. The molecule has 0 saturated heterocycles. The molecule has 0 fully saturated rings. The van der Waals surface area contributed by atoms with E-state index < -0.39 is 6.09 Å². The van der Waals surface area contributed by atoms with Gasteiger partial charge in [0.2, 0.25) is 0 Å². The third kappa shape index (κ3) is 2.62. The highest BCUT2D eigenvalue weighted by Crippen LogP contribution is 2.24. The Morgan fingerprint density at radius 1 is 1.53 bits per heavy atom. The molecule has 2 heterocycles. The maximum Gasteiger partial charge on any atom is 0.412 e. The van der Waals surface area contributed by atoms with Gasteiger partial charge < -0.3 is 5.11 Å². The van der Waals surface area contributed by atoms with Crippen molar-refractivity contribution in [3.8, 4) is 0 Å². The number of halogens is 1. The number of hydrogen-bond donors (Lipinski definition) is 2. The average Bonchev–Trinajstić information content (AvgIpc) is 2.73. The highest BCUT2D eigenvalue weighted by atomic mass is 79.9. The van der Waals surface area contributed by atoms with Crippen molar-refractivity contribution >= 4 is 27.7 Å². The van der Waals surface area contributed by atoms with Gasteiger partial charge in [0.25, 0.3) is 0 Å². The minimum absolute atomic E-state index is 0.224. The van der Waals surface area contributed by atoms with Crippen molar-refractivity contribution < 1.29 is 9.90 Å². The van der Waals surface area contributed by atoms with E-state index in [1.807, 2.05) is 6.07 Å². The SMILES string of the molecule is O=C(O)N(Cc1cccnc1)c1cn[nH]c1Br. The van der Waals surface area contributed by atoms with Crippen LogP contribution in [0.4, 0.5) is 10.5 Å². The number of nitrogens with zero attached hydrogens (tertiary/aromatic N) is 3. The maximum atomic E-state index is 11.2. The van der Waals surface area contributed by atoms with Crippen LogP contribution in [0, 0.1) is 0 Å². The molecule has 0 spiro atoms. The van der Waals surface area contributed by atoms with Crippen LogP contribution >= 0.6 is 15.9 Å². The van der Waals surface area contributed by atoms with Gasteiger partial charge in [0, 0.05) is 12.4 Å². The fraction of sp³-hybridized carbons (Fsp3) is 0.100. The summed E-state index contributed by atoms with van der Waals surface area (Å²) in [6.07, 6.45) is 3.68. The Morgan fingerprint density at radius 3 is 2.88 bits per heavy atom.